The Bertz CT molecular complexity index is 639. The highest BCUT2D eigenvalue weighted by atomic mass is 16.3. The normalized spacial score (nSPS) is 10.1. The molecule has 0 atom stereocenters. The number of hydrogen-bond acceptors (Lipinski definition) is 4. The highest BCUT2D eigenvalue weighted by Gasteiger charge is 2.10. The first-order chi connectivity index (χ1) is 8.06. The van der Waals surface area contributed by atoms with Crippen LogP contribution in [0.5, 0.6) is 5.75 Å². The monoisotopic (exact) mass is 232 g/mol. The highest BCUT2D eigenvalue weighted by molar-refractivity contribution is 6.07. The molecule has 0 bridgehead atoms. The van der Waals surface area contributed by atoms with E-state index in [2.05, 4.69) is 4.98 Å². The van der Waals surface area contributed by atoms with E-state index in [9.17, 15) is 14.4 Å². The van der Waals surface area contributed by atoms with Gasteiger partial charge in [-0.15, -0.1) is 0 Å². The van der Waals surface area contributed by atoms with Crippen LogP contribution in [0.1, 0.15) is 16.1 Å². The molecule has 0 aliphatic rings. The molecule has 2 aromatic rings. The summed E-state index contributed by atoms with van der Waals surface area (Å²) in [6.07, 6.45) is 0. The van der Waals surface area contributed by atoms with Gasteiger partial charge in [0.05, 0.1) is 5.69 Å². The number of nitrogens with one attached hydrogen (secondary N) is 2. The van der Waals surface area contributed by atoms with E-state index < -0.39 is 17.0 Å². The van der Waals surface area contributed by atoms with Crippen LogP contribution in [0.4, 0.5) is 0 Å². The number of rotatable bonds is 2. The molecule has 0 unspecified atom stereocenters. The summed E-state index contributed by atoms with van der Waals surface area (Å²) in [6, 6.07) is 6.50. The number of aromatic amines is 2. The van der Waals surface area contributed by atoms with Crippen LogP contribution < -0.4 is 11.2 Å². The Hall–Kier alpha value is -2.63. The van der Waals surface area contributed by atoms with Gasteiger partial charge in [0.15, 0.2) is 0 Å². The van der Waals surface area contributed by atoms with E-state index in [4.69, 9.17) is 5.11 Å². The number of benzene rings is 1. The number of aromatic nitrogens is 2. The number of H-pyrrole nitrogens is 2. The summed E-state index contributed by atoms with van der Waals surface area (Å²) in [5.41, 5.74) is -1.20. The molecule has 0 aliphatic heterocycles. The lowest BCUT2D eigenvalue weighted by Crippen LogP contribution is -2.25. The third-order valence-corrected chi connectivity index (χ3v) is 2.13. The number of carbonyl (C=O) groups excluding carboxylic acids is 1. The van der Waals surface area contributed by atoms with Gasteiger partial charge in [-0.3, -0.25) is 14.6 Å². The fraction of sp³-hybridized carbons (Fsp3) is 0. The third kappa shape index (κ3) is 2.31. The number of aromatic hydroxyl groups is 1. The molecule has 0 radical (unpaired) electrons. The fourth-order valence-corrected chi connectivity index (χ4v) is 1.36. The van der Waals surface area contributed by atoms with Crippen LogP contribution in [-0.4, -0.2) is 20.9 Å². The van der Waals surface area contributed by atoms with Crippen LogP contribution in [0.25, 0.3) is 0 Å². The van der Waals surface area contributed by atoms with Gasteiger partial charge in [-0.1, -0.05) is 0 Å². The number of carbonyl (C=O) groups is 1. The Morgan fingerprint density at radius 2 is 1.71 bits per heavy atom. The second kappa shape index (κ2) is 4.09. The first kappa shape index (κ1) is 10.9. The van der Waals surface area contributed by atoms with Gasteiger partial charge >= 0.3 is 5.69 Å². The van der Waals surface area contributed by atoms with Gasteiger partial charge in [-0.05, 0) is 24.3 Å². The molecule has 0 amide bonds. The number of ketones is 1. The molecular formula is C11H8N2O4. The lowest BCUT2D eigenvalue weighted by molar-refractivity contribution is 0.103. The summed E-state index contributed by atoms with van der Waals surface area (Å²) < 4.78 is 0. The average Bonchev–Trinajstić information content (AvgIpc) is 2.28. The van der Waals surface area contributed by atoms with Gasteiger partial charge in [-0.25, -0.2) is 4.79 Å². The topological polar surface area (TPSA) is 103 Å². The second-order valence-electron chi connectivity index (χ2n) is 3.38. The van der Waals surface area contributed by atoms with Crippen LogP contribution >= 0.6 is 0 Å². The Kier molecular flexibility index (Phi) is 2.61. The summed E-state index contributed by atoms with van der Waals surface area (Å²) >= 11 is 0. The predicted octanol–water partition coefficient (Wildman–Crippen LogP) is -0.000200. The minimum absolute atomic E-state index is 0.0287. The van der Waals surface area contributed by atoms with Crippen molar-refractivity contribution in [3.63, 3.8) is 0 Å². The molecule has 0 saturated carbocycles. The summed E-state index contributed by atoms with van der Waals surface area (Å²) in [6.45, 7) is 0. The van der Waals surface area contributed by atoms with Gasteiger partial charge in [-0.2, -0.15) is 0 Å². The molecule has 1 heterocycles. The maximum Gasteiger partial charge on any atom is 0.326 e. The molecule has 1 aromatic heterocycles. The second-order valence-corrected chi connectivity index (χ2v) is 3.38. The number of phenolic OH excluding ortho intramolecular Hbond substituents is 1. The Morgan fingerprint density at radius 1 is 1.06 bits per heavy atom. The molecule has 6 heteroatoms. The lowest BCUT2D eigenvalue weighted by Gasteiger charge is -2.00. The zero-order valence-corrected chi connectivity index (χ0v) is 8.56. The van der Waals surface area contributed by atoms with Crippen molar-refractivity contribution in [2.24, 2.45) is 0 Å². The van der Waals surface area contributed by atoms with E-state index in [1.807, 2.05) is 4.98 Å². The van der Waals surface area contributed by atoms with Crippen molar-refractivity contribution in [3.05, 3.63) is 62.4 Å². The van der Waals surface area contributed by atoms with E-state index in [0.717, 1.165) is 6.07 Å². The standard InChI is InChI=1S/C11H8N2O4/c14-7-3-1-6(2-4-7)10(16)8-5-9(15)13-11(17)12-8/h1-5,14H,(H2,12,13,15,17). The summed E-state index contributed by atoms with van der Waals surface area (Å²) in [5.74, 6) is -0.464. The third-order valence-electron chi connectivity index (χ3n) is 2.13. The molecule has 6 nitrogen and oxygen atoms in total. The van der Waals surface area contributed by atoms with Crippen LogP contribution in [0, 0.1) is 0 Å². The van der Waals surface area contributed by atoms with Crippen molar-refractivity contribution in [3.8, 4) is 5.75 Å². The maximum atomic E-state index is 11.9. The summed E-state index contributed by atoms with van der Waals surface area (Å²) in [5, 5.41) is 9.07. The van der Waals surface area contributed by atoms with Gasteiger partial charge < -0.3 is 10.1 Å². The summed E-state index contributed by atoms with van der Waals surface area (Å²) in [7, 11) is 0. The molecule has 0 saturated heterocycles. The minimum Gasteiger partial charge on any atom is -0.508 e. The molecule has 0 spiro atoms. The summed E-state index contributed by atoms with van der Waals surface area (Å²) in [4.78, 5) is 38.1. The first-order valence-corrected chi connectivity index (χ1v) is 4.73. The van der Waals surface area contributed by atoms with E-state index in [0.29, 0.717) is 0 Å². The van der Waals surface area contributed by atoms with Crippen molar-refractivity contribution in [2.75, 3.05) is 0 Å². The predicted molar refractivity (Wildman–Crippen MR) is 59.2 cm³/mol. The van der Waals surface area contributed by atoms with Crippen LogP contribution in [0.15, 0.2) is 39.9 Å². The van der Waals surface area contributed by atoms with Gasteiger partial charge in [0, 0.05) is 11.6 Å². The van der Waals surface area contributed by atoms with E-state index in [-0.39, 0.29) is 17.0 Å². The Labute approximate surface area is 94.6 Å². The largest absolute Gasteiger partial charge is 0.508 e. The van der Waals surface area contributed by atoms with E-state index >= 15 is 0 Å². The molecule has 2 rings (SSSR count). The molecular weight excluding hydrogens is 224 g/mol. The zero-order valence-electron chi connectivity index (χ0n) is 8.56. The molecule has 17 heavy (non-hydrogen) atoms. The number of hydrogen-bond donors (Lipinski definition) is 3. The van der Waals surface area contributed by atoms with Crippen LogP contribution in [-0.2, 0) is 0 Å². The molecule has 0 fully saturated rings. The Balaban J connectivity index is 2.47. The van der Waals surface area contributed by atoms with E-state index in [1.165, 1.54) is 24.3 Å². The minimum atomic E-state index is -0.736. The van der Waals surface area contributed by atoms with Crippen LogP contribution in [0.3, 0.4) is 0 Å². The van der Waals surface area contributed by atoms with Gasteiger partial charge in [0.1, 0.15) is 5.75 Å². The lowest BCUT2D eigenvalue weighted by atomic mass is 10.1. The first-order valence-electron chi connectivity index (χ1n) is 4.73. The van der Waals surface area contributed by atoms with Gasteiger partial charge in [0.25, 0.3) is 5.56 Å². The van der Waals surface area contributed by atoms with Gasteiger partial charge in [0.2, 0.25) is 5.78 Å². The quantitative estimate of drug-likeness (QED) is 0.634. The van der Waals surface area contributed by atoms with Crippen molar-refractivity contribution >= 4 is 5.78 Å². The molecule has 0 aliphatic carbocycles. The average molecular weight is 232 g/mol. The van der Waals surface area contributed by atoms with Crippen molar-refractivity contribution in [1.82, 2.24) is 9.97 Å². The van der Waals surface area contributed by atoms with Crippen LogP contribution in [0.2, 0.25) is 0 Å². The van der Waals surface area contributed by atoms with Crippen molar-refractivity contribution in [2.45, 2.75) is 0 Å². The molecule has 3 N–H and O–H groups in total. The smallest absolute Gasteiger partial charge is 0.326 e. The highest BCUT2D eigenvalue weighted by Crippen LogP contribution is 2.11. The maximum absolute atomic E-state index is 11.9. The van der Waals surface area contributed by atoms with Crippen molar-refractivity contribution < 1.29 is 9.90 Å². The Morgan fingerprint density at radius 3 is 2.29 bits per heavy atom. The molecule has 86 valence electrons. The SMILES string of the molecule is O=C(c1ccc(O)cc1)c1cc(=O)[nH]c(=O)[nH]1. The fourth-order valence-electron chi connectivity index (χ4n) is 1.36. The molecule has 1 aromatic carbocycles. The zero-order chi connectivity index (χ0) is 12.4. The van der Waals surface area contributed by atoms with Crippen molar-refractivity contribution in [1.29, 1.82) is 0 Å². The number of phenols is 1. The van der Waals surface area contributed by atoms with E-state index in [1.54, 1.807) is 0 Å².